The Labute approximate surface area is 145 Å². The summed E-state index contributed by atoms with van der Waals surface area (Å²) >= 11 is 5.72. The molecule has 0 radical (unpaired) electrons. The van der Waals surface area contributed by atoms with E-state index in [-0.39, 0.29) is 23.9 Å². The van der Waals surface area contributed by atoms with Crippen LogP contribution in [-0.4, -0.2) is 46.0 Å². The molecular weight excluding hydrogens is 356 g/mol. The Hall–Kier alpha value is -1.84. The molecule has 1 aromatic rings. The van der Waals surface area contributed by atoms with Crippen molar-refractivity contribution in [1.82, 2.24) is 20.7 Å². The molecule has 1 atom stereocenters. The molecule has 24 heavy (non-hydrogen) atoms. The molecule has 1 aromatic carbocycles. The quantitative estimate of drug-likeness (QED) is 0.532. The lowest BCUT2D eigenvalue weighted by molar-refractivity contribution is -0.124. The van der Waals surface area contributed by atoms with Crippen molar-refractivity contribution in [2.75, 3.05) is 19.6 Å². The molecular formula is C14H19ClN4O4S. The molecule has 1 aliphatic rings. The Morgan fingerprint density at radius 3 is 2.62 bits per heavy atom. The van der Waals surface area contributed by atoms with Crippen LogP contribution >= 0.6 is 11.6 Å². The predicted octanol–water partition coefficient (Wildman–Crippen LogP) is 0.196. The van der Waals surface area contributed by atoms with Gasteiger partial charge in [-0.2, -0.15) is 0 Å². The molecule has 0 aromatic heterocycles. The van der Waals surface area contributed by atoms with E-state index in [1.807, 2.05) is 0 Å². The Kier molecular flexibility index (Phi) is 6.41. The molecule has 0 spiro atoms. The largest absolute Gasteiger partial charge is 0.354 e. The van der Waals surface area contributed by atoms with E-state index in [0.717, 1.165) is 6.42 Å². The number of carbonyl (C=O) groups is 2. The molecule has 3 amide bonds. The summed E-state index contributed by atoms with van der Waals surface area (Å²) in [5.41, 5.74) is 0. The lowest BCUT2D eigenvalue weighted by Crippen LogP contribution is -2.53. The number of carbonyl (C=O) groups excluding carboxylic acids is 2. The molecule has 0 unspecified atom stereocenters. The maximum Gasteiger partial charge on any atom is 0.315 e. The standard InChI is InChI=1S/C14H19ClN4O4S/c15-10-3-5-11(6-4-10)24(22,23)18-9-8-17-14(21)19-12-2-1-7-16-13(12)20/h3-6,12,18H,1-2,7-9H2,(H,16,20)(H2,17,19,21)/t12-/m0/s1. The van der Waals surface area contributed by atoms with E-state index in [2.05, 4.69) is 20.7 Å². The molecule has 1 heterocycles. The summed E-state index contributed by atoms with van der Waals surface area (Å²) in [6.07, 6.45) is 1.39. The molecule has 1 aliphatic heterocycles. The predicted molar refractivity (Wildman–Crippen MR) is 89.2 cm³/mol. The Bertz CT molecular complexity index is 693. The zero-order valence-electron chi connectivity index (χ0n) is 12.8. The minimum atomic E-state index is -3.66. The third kappa shape index (κ3) is 5.36. The summed E-state index contributed by atoms with van der Waals surface area (Å²) in [5.74, 6) is -0.208. The second-order valence-electron chi connectivity index (χ2n) is 5.24. The van der Waals surface area contributed by atoms with Gasteiger partial charge in [-0.1, -0.05) is 11.6 Å². The molecule has 132 valence electrons. The third-order valence-corrected chi connectivity index (χ3v) is 5.15. The second-order valence-corrected chi connectivity index (χ2v) is 7.44. The van der Waals surface area contributed by atoms with Gasteiger partial charge in [-0.25, -0.2) is 17.9 Å². The molecule has 1 saturated heterocycles. The fourth-order valence-corrected chi connectivity index (χ4v) is 3.34. The summed E-state index contributed by atoms with van der Waals surface area (Å²) in [6.45, 7) is 0.730. The van der Waals surface area contributed by atoms with E-state index in [1.54, 1.807) is 0 Å². The van der Waals surface area contributed by atoms with Gasteiger partial charge in [-0.3, -0.25) is 4.79 Å². The highest BCUT2D eigenvalue weighted by molar-refractivity contribution is 7.89. The number of hydrogen-bond donors (Lipinski definition) is 4. The lowest BCUT2D eigenvalue weighted by Gasteiger charge is -2.22. The monoisotopic (exact) mass is 374 g/mol. The molecule has 2 rings (SSSR count). The van der Waals surface area contributed by atoms with Gasteiger partial charge in [0.2, 0.25) is 15.9 Å². The van der Waals surface area contributed by atoms with Crippen LogP contribution in [0.15, 0.2) is 29.2 Å². The van der Waals surface area contributed by atoms with Gasteiger partial charge >= 0.3 is 6.03 Å². The van der Waals surface area contributed by atoms with Gasteiger partial charge in [-0.05, 0) is 37.1 Å². The summed E-state index contributed by atoms with van der Waals surface area (Å²) in [7, 11) is -3.66. The van der Waals surface area contributed by atoms with Crippen LogP contribution in [0.1, 0.15) is 12.8 Å². The van der Waals surface area contributed by atoms with Crippen LogP contribution in [0.3, 0.4) is 0 Å². The number of urea groups is 1. The van der Waals surface area contributed by atoms with Crippen LogP contribution in [0.4, 0.5) is 4.79 Å². The van der Waals surface area contributed by atoms with Crippen molar-refractivity contribution in [3.63, 3.8) is 0 Å². The maximum atomic E-state index is 12.0. The maximum absolute atomic E-state index is 12.0. The van der Waals surface area contributed by atoms with Gasteiger partial charge in [0.05, 0.1) is 4.90 Å². The van der Waals surface area contributed by atoms with Crippen LogP contribution in [0.25, 0.3) is 0 Å². The smallest absolute Gasteiger partial charge is 0.315 e. The van der Waals surface area contributed by atoms with E-state index in [1.165, 1.54) is 24.3 Å². The average molecular weight is 375 g/mol. The molecule has 1 fully saturated rings. The van der Waals surface area contributed by atoms with E-state index in [4.69, 9.17) is 11.6 Å². The van der Waals surface area contributed by atoms with Gasteiger partial charge in [-0.15, -0.1) is 0 Å². The van der Waals surface area contributed by atoms with Crippen LogP contribution in [0.5, 0.6) is 0 Å². The van der Waals surface area contributed by atoms with Crippen LogP contribution < -0.4 is 20.7 Å². The SMILES string of the molecule is O=C(NCCNS(=O)(=O)c1ccc(Cl)cc1)N[C@H]1CCCNC1=O. The molecule has 10 heteroatoms. The van der Waals surface area contributed by atoms with Gasteiger partial charge in [0.25, 0.3) is 0 Å². The van der Waals surface area contributed by atoms with Crippen molar-refractivity contribution in [2.24, 2.45) is 0 Å². The Morgan fingerprint density at radius 1 is 1.25 bits per heavy atom. The minimum Gasteiger partial charge on any atom is -0.354 e. The highest BCUT2D eigenvalue weighted by atomic mass is 35.5. The van der Waals surface area contributed by atoms with Crippen molar-refractivity contribution in [2.45, 2.75) is 23.8 Å². The van der Waals surface area contributed by atoms with Gasteiger partial charge in [0, 0.05) is 24.7 Å². The molecule has 4 N–H and O–H groups in total. The Balaban J connectivity index is 1.72. The second kappa shape index (κ2) is 8.32. The first-order valence-electron chi connectivity index (χ1n) is 7.46. The molecule has 8 nitrogen and oxygen atoms in total. The van der Waals surface area contributed by atoms with Crippen molar-refractivity contribution >= 4 is 33.6 Å². The van der Waals surface area contributed by atoms with E-state index in [9.17, 15) is 18.0 Å². The third-order valence-electron chi connectivity index (χ3n) is 3.42. The first-order chi connectivity index (χ1) is 11.4. The fraction of sp³-hybridized carbons (Fsp3) is 0.429. The lowest BCUT2D eigenvalue weighted by atomic mass is 10.1. The molecule has 0 saturated carbocycles. The molecule has 0 bridgehead atoms. The average Bonchev–Trinajstić information content (AvgIpc) is 2.54. The summed E-state index contributed by atoms with van der Waals surface area (Å²) < 4.78 is 26.4. The number of piperidine rings is 1. The van der Waals surface area contributed by atoms with Gasteiger partial charge in [0.15, 0.2) is 0 Å². The summed E-state index contributed by atoms with van der Waals surface area (Å²) in [4.78, 5) is 23.3. The van der Waals surface area contributed by atoms with Crippen molar-refractivity contribution in [1.29, 1.82) is 0 Å². The zero-order valence-corrected chi connectivity index (χ0v) is 14.4. The normalized spacial score (nSPS) is 17.9. The van der Waals surface area contributed by atoms with Crippen LogP contribution in [0, 0.1) is 0 Å². The van der Waals surface area contributed by atoms with Crippen molar-refractivity contribution < 1.29 is 18.0 Å². The number of sulfonamides is 1. The molecule has 0 aliphatic carbocycles. The Morgan fingerprint density at radius 2 is 1.96 bits per heavy atom. The number of nitrogens with one attached hydrogen (secondary N) is 4. The van der Waals surface area contributed by atoms with Crippen molar-refractivity contribution in [3.8, 4) is 0 Å². The first kappa shape index (κ1) is 18.5. The fourth-order valence-electron chi connectivity index (χ4n) is 2.18. The number of amides is 3. The topological polar surface area (TPSA) is 116 Å². The van der Waals surface area contributed by atoms with E-state index in [0.29, 0.717) is 18.0 Å². The number of rotatable bonds is 6. The van der Waals surface area contributed by atoms with E-state index < -0.39 is 22.1 Å². The first-order valence-corrected chi connectivity index (χ1v) is 9.32. The number of halogens is 1. The van der Waals surface area contributed by atoms with Crippen LogP contribution in [-0.2, 0) is 14.8 Å². The number of hydrogen-bond acceptors (Lipinski definition) is 4. The summed E-state index contributed by atoms with van der Waals surface area (Å²) in [5, 5.41) is 8.16. The van der Waals surface area contributed by atoms with Crippen LogP contribution in [0.2, 0.25) is 5.02 Å². The highest BCUT2D eigenvalue weighted by Crippen LogP contribution is 2.13. The van der Waals surface area contributed by atoms with Gasteiger partial charge in [0.1, 0.15) is 6.04 Å². The minimum absolute atomic E-state index is 0.0231. The van der Waals surface area contributed by atoms with Gasteiger partial charge < -0.3 is 16.0 Å². The van der Waals surface area contributed by atoms with Crippen molar-refractivity contribution in [3.05, 3.63) is 29.3 Å². The van der Waals surface area contributed by atoms with E-state index >= 15 is 0 Å². The summed E-state index contributed by atoms with van der Waals surface area (Å²) in [6, 6.07) is 4.69. The zero-order chi connectivity index (χ0) is 17.6. The number of benzene rings is 1. The highest BCUT2D eigenvalue weighted by Gasteiger charge is 2.23.